The molecule has 0 aliphatic carbocycles. The van der Waals surface area contributed by atoms with E-state index in [2.05, 4.69) is 4.74 Å². The molecular weight excluding hydrogens is 342 g/mol. The molecule has 6 nitrogen and oxygen atoms in total. The van der Waals surface area contributed by atoms with Crippen LogP contribution in [0.2, 0.25) is 0 Å². The Balaban J connectivity index is 1.76. The van der Waals surface area contributed by atoms with Crippen molar-refractivity contribution in [3.05, 3.63) is 64.0 Å². The highest BCUT2D eigenvalue weighted by Crippen LogP contribution is 2.33. The van der Waals surface area contributed by atoms with Crippen LogP contribution >= 0.6 is 11.8 Å². The van der Waals surface area contributed by atoms with Crippen LogP contribution in [0.5, 0.6) is 0 Å². The zero-order valence-corrected chi connectivity index (χ0v) is 14.5. The molecule has 2 heterocycles. The zero-order valence-electron chi connectivity index (χ0n) is 13.6. The highest BCUT2D eigenvalue weighted by molar-refractivity contribution is 8.18. The molecule has 7 heteroatoms. The lowest BCUT2D eigenvalue weighted by Crippen LogP contribution is -2.27. The molecule has 0 spiro atoms. The lowest BCUT2D eigenvalue weighted by molar-refractivity contribution is -0.123. The van der Waals surface area contributed by atoms with Gasteiger partial charge in [-0.1, -0.05) is 29.8 Å². The van der Waals surface area contributed by atoms with Crippen molar-refractivity contribution in [1.82, 2.24) is 4.90 Å². The van der Waals surface area contributed by atoms with Gasteiger partial charge in [-0.25, -0.2) is 4.79 Å². The first-order valence-electron chi connectivity index (χ1n) is 7.47. The van der Waals surface area contributed by atoms with Crippen molar-refractivity contribution in [2.75, 3.05) is 7.11 Å². The van der Waals surface area contributed by atoms with Crippen LogP contribution in [0.4, 0.5) is 4.79 Å². The maximum Gasteiger partial charge on any atom is 0.373 e. The fourth-order valence-electron chi connectivity index (χ4n) is 2.28. The van der Waals surface area contributed by atoms with Crippen LogP contribution in [0.15, 0.2) is 45.7 Å². The third-order valence-corrected chi connectivity index (χ3v) is 4.52. The van der Waals surface area contributed by atoms with Crippen LogP contribution in [-0.4, -0.2) is 29.1 Å². The Morgan fingerprint density at radius 2 is 1.92 bits per heavy atom. The summed E-state index contributed by atoms with van der Waals surface area (Å²) in [6.07, 6.45) is 1.69. The minimum atomic E-state index is -0.611. The van der Waals surface area contributed by atoms with Crippen LogP contribution in [0.1, 0.15) is 27.4 Å². The van der Waals surface area contributed by atoms with Gasteiger partial charge in [-0.2, -0.15) is 0 Å². The minimum Gasteiger partial charge on any atom is -0.463 e. The Hall–Kier alpha value is -2.80. The number of nitrogens with zero attached hydrogens (tertiary/aromatic N) is 1. The summed E-state index contributed by atoms with van der Waals surface area (Å²) >= 11 is 0.883. The Morgan fingerprint density at radius 1 is 1.20 bits per heavy atom. The number of furan rings is 1. The van der Waals surface area contributed by atoms with Gasteiger partial charge in [0, 0.05) is 0 Å². The molecule has 1 aliphatic heterocycles. The van der Waals surface area contributed by atoms with Crippen molar-refractivity contribution < 1.29 is 23.5 Å². The number of hydrogen-bond acceptors (Lipinski definition) is 6. The van der Waals surface area contributed by atoms with Crippen LogP contribution < -0.4 is 0 Å². The van der Waals surface area contributed by atoms with Crippen molar-refractivity contribution in [2.45, 2.75) is 13.5 Å². The van der Waals surface area contributed by atoms with Gasteiger partial charge in [0.2, 0.25) is 5.76 Å². The largest absolute Gasteiger partial charge is 0.463 e. The lowest BCUT2D eigenvalue weighted by Gasteiger charge is -2.09. The van der Waals surface area contributed by atoms with Gasteiger partial charge in [-0.15, -0.1) is 0 Å². The average molecular weight is 357 g/mol. The normalized spacial score (nSPS) is 15.9. The fraction of sp³-hybridized carbons (Fsp3) is 0.167. The van der Waals surface area contributed by atoms with Gasteiger partial charge in [0.05, 0.1) is 18.6 Å². The Kier molecular flexibility index (Phi) is 4.76. The summed E-state index contributed by atoms with van der Waals surface area (Å²) < 4.78 is 9.87. The number of aryl methyl sites for hydroxylation is 1. The number of carbonyl (C=O) groups excluding carboxylic acids is 3. The lowest BCUT2D eigenvalue weighted by atomic mass is 10.1. The Labute approximate surface area is 148 Å². The molecule has 0 bridgehead atoms. The van der Waals surface area contributed by atoms with Crippen LogP contribution in [0, 0.1) is 6.92 Å². The molecule has 128 valence electrons. The van der Waals surface area contributed by atoms with Gasteiger partial charge in [0.1, 0.15) is 5.76 Å². The first-order valence-corrected chi connectivity index (χ1v) is 8.28. The van der Waals surface area contributed by atoms with E-state index in [0.717, 1.165) is 27.8 Å². The quantitative estimate of drug-likeness (QED) is 0.614. The Morgan fingerprint density at radius 3 is 2.60 bits per heavy atom. The molecule has 1 saturated heterocycles. The fourth-order valence-corrected chi connectivity index (χ4v) is 3.12. The van der Waals surface area contributed by atoms with Crippen molar-refractivity contribution >= 4 is 35.0 Å². The van der Waals surface area contributed by atoms with Crippen LogP contribution in [-0.2, 0) is 16.1 Å². The number of esters is 1. The van der Waals surface area contributed by atoms with E-state index in [0.29, 0.717) is 10.7 Å². The summed E-state index contributed by atoms with van der Waals surface area (Å²) in [5.41, 5.74) is 1.96. The second kappa shape index (κ2) is 6.98. The van der Waals surface area contributed by atoms with Gasteiger partial charge in [-0.3, -0.25) is 14.5 Å². The molecule has 0 atom stereocenters. The molecule has 3 rings (SSSR count). The third-order valence-electron chi connectivity index (χ3n) is 3.61. The molecule has 25 heavy (non-hydrogen) atoms. The van der Waals surface area contributed by atoms with Gasteiger partial charge < -0.3 is 9.15 Å². The van der Waals surface area contributed by atoms with Gasteiger partial charge in [-0.05, 0) is 42.5 Å². The van der Waals surface area contributed by atoms with E-state index in [1.54, 1.807) is 12.1 Å². The summed E-state index contributed by atoms with van der Waals surface area (Å²) in [5, 5.41) is -0.376. The van der Waals surface area contributed by atoms with Crippen LogP contribution in [0.25, 0.3) is 6.08 Å². The van der Waals surface area contributed by atoms with E-state index in [1.807, 2.05) is 31.2 Å². The molecule has 1 aromatic heterocycles. The first kappa shape index (κ1) is 17.0. The first-order chi connectivity index (χ1) is 12.0. The summed E-state index contributed by atoms with van der Waals surface area (Å²) in [6.45, 7) is 1.94. The summed E-state index contributed by atoms with van der Waals surface area (Å²) in [5.74, 6) is -0.634. The highest BCUT2D eigenvalue weighted by Gasteiger charge is 2.35. The minimum absolute atomic E-state index is 0.0275. The molecule has 2 aromatic rings. The van der Waals surface area contributed by atoms with Crippen LogP contribution in [0.3, 0.4) is 0 Å². The van der Waals surface area contributed by atoms with Crippen molar-refractivity contribution in [3.8, 4) is 0 Å². The van der Waals surface area contributed by atoms with Crippen molar-refractivity contribution in [2.24, 2.45) is 0 Å². The monoisotopic (exact) mass is 357 g/mol. The zero-order chi connectivity index (χ0) is 18.0. The second-order valence-electron chi connectivity index (χ2n) is 5.44. The Bertz CT molecular complexity index is 866. The number of imide groups is 1. The predicted octanol–water partition coefficient (Wildman–Crippen LogP) is 3.61. The van der Waals surface area contributed by atoms with E-state index in [-0.39, 0.29) is 23.5 Å². The SMILES string of the molecule is COC(=O)c1ccc(CN2C(=O)S/C(=C/c3ccc(C)cc3)C2=O)o1. The third kappa shape index (κ3) is 3.66. The molecule has 0 saturated carbocycles. The number of rotatable bonds is 4. The molecule has 1 aliphatic rings. The number of methoxy groups -OCH3 is 1. The molecule has 0 N–H and O–H groups in total. The average Bonchev–Trinajstić information content (AvgIpc) is 3.17. The molecular formula is C18H15NO5S. The second-order valence-corrected chi connectivity index (χ2v) is 6.43. The number of thioether (sulfide) groups is 1. The highest BCUT2D eigenvalue weighted by atomic mass is 32.2. The van der Waals surface area contributed by atoms with E-state index >= 15 is 0 Å². The molecule has 2 amide bonds. The number of benzene rings is 1. The molecule has 1 fully saturated rings. The number of carbonyl (C=O) groups is 3. The van der Waals surface area contributed by atoms with E-state index < -0.39 is 5.97 Å². The van der Waals surface area contributed by atoms with Crippen molar-refractivity contribution in [3.63, 3.8) is 0 Å². The smallest absolute Gasteiger partial charge is 0.373 e. The number of amides is 2. The van der Waals surface area contributed by atoms with Gasteiger partial charge in [0.15, 0.2) is 0 Å². The van der Waals surface area contributed by atoms with E-state index in [4.69, 9.17) is 4.42 Å². The standard InChI is InChI=1S/C18H15NO5S/c1-11-3-5-12(6-4-11)9-15-16(20)19(18(22)25-15)10-13-7-8-14(24-13)17(21)23-2/h3-9H,10H2,1-2H3/b15-9+. The molecule has 1 aromatic carbocycles. The van der Waals surface area contributed by atoms with E-state index in [9.17, 15) is 14.4 Å². The molecule has 0 unspecified atom stereocenters. The van der Waals surface area contributed by atoms with Crippen molar-refractivity contribution in [1.29, 1.82) is 0 Å². The number of ether oxygens (including phenoxy) is 1. The summed E-state index contributed by atoms with van der Waals surface area (Å²) in [6, 6.07) is 10.6. The topological polar surface area (TPSA) is 76.8 Å². The predicted molar refractivity (Wildman–Crippen MR) is 92.7 cm³/mol. The maximum absolute atomic E-state index is 12.5. The van der Waals surface area contributed by atoms with E-state index in [1.165, 1.54) is 13.2 Å². The van der Waals surface area contributed by atoms with Gasteiger partial charge >= 0.3 is 5.97 Å². The number of hydrogen-bond donors (Lipinski definition) is 0. The van der Waals surface area contributed by atoms with Gasteiger partial charge in [0.25, 0.3) is 11.1 Å². The summed E-state index contributed by atoms with van der Waals surface area (Å²) in [4.78, 5) is 37.4. The molecule has 0 radical (unpaired) electrons. The maximum atomic E-state index is 12.5. The summed E-state index contributed by atoms with van der Waals surface area (Å²) in [7, 11) is 1.25.